The molecule has 2 fully saturated rings. The maximum atomic E-state index is 12.7. The van der Waals surface area contributed by atoms with Crippen molar-refractivity contribution in [2.24, 2.45) is 0 Å². The van der Waals surface area contributed by atoms with E-state index in [9.17, 15) is 4.79 Å². The summed E-state index contributed by atoms with van der Waals surface area (Å²) in [6, 6.07) is 12.1. The Morgan fingerprint density at radius 2 is 2.04 bits per heavy atom. The van der Waals surface area contributed by atoms with Gasteiger partial charge in [-0.25, -0.2) is 0 Å². The fourth-order valence-electron chi connectivity index (χ4n) is 3.72. The van der Waals surface area contributed by atoms with Crippen molar-refractivity contribution in [2.75, 3.05) is 49.5 Å². The molecule has 0 aliphatic carbocycles. The number of hydrogen-bond acceptors (Lipinski definition) is 6. The van der Waals surface area contributed by atoms with Gasteiger partial charge in [0.05, 0.1) is 6.10 Å². The molecule has 0 radical (unpaired) electrons. The van der Waals surface area contributed by atoms with Crippen LogP contribution in [0.5, 0.6) is 0 Å². The second-order valence-corrected chi connectivity index (χ2v) is 7.44. The zero-order valence-corrected chi connectivity index (χ0v) is 16.3. The van der Waals surface area contributed by atoms with E-state index in [1.54, 1.807) is 6.07 Å². The van der Waals surface area contributed by atoms with E-state index in [0.717, 1.165) is 39.1 Å². The summed E-state index contributed by atoms with van der Waals surface area (Å²) in [6.45, 7) is 6.68. The molecule has 7 heteroatoms. The Labute approximate surface area is 165 Å². The first-order valence-electron chi connectivity index (χ1n) is 9.99. The van der Waals surface area contributed by atoms with E-state index >= 15 is 0 Å². The summed E-state index contributed by atoms with van der Waals surface area (Å²) in [6.07, 6.45) is 2.43. The van der Waals surface area contributed by atoms with Crippen LogP contribution in [0.4, 0.5) is 11.5 Å². The zero-order chi connectivity index (χ0) is 19.3. The maximum absolute atomic E-state index is 12.7. The Bertz CT molecular complexity index is 797. The van der Waals surface area contributed by atoms with Gasteiger partial charge in [-0.2, -0.15) is 0 Å². The van der Waals surface area contributed by atoms with Crippen molar-refractivity contribution >= 4 is 17.4 Å². The van der Waals surface area contributed by atoms with Crippen molar-refractivity contribution in [3.8, 4) is 0 Å². The molecule has 2 aliphatic rings. The van der Waals surface area contributed by atoms with Gasteiger partial charge in [0.2, 0.25) is 0 Å². The van der Waals surface area contributed by atoms with Crippen LogP contribution in [0.1, 0.15) is 28.9 Å². The Morgan fingerprint density at radius 1 is 1.18 bits per heavy atom. The quantitative estimate of drug-likeness (QED) is 0.857. The summed E-state index contributed by atoms with van der Waals surface area (Å²) in [4.78, 5) is 16.9. The number of hydrogen-bond donors (Lipinski definition) is 1. The van der Waals surface area contributed by atoms with Gasteiger partial charge in [-0.3, -0.25) is 4.79 Å². The maximum Gasteiger partial charge on any atom is 0.274 e. The lowest BCUT2D eigenvalue weighted by atomic mass is 10.2. The van der Waals surface area contributed by atoms with Crippen molar-refractivity contribution in [3.63, 3.8) is 0 Å². The van der Waals surface area contributed by atoms with Crippen LogP contribution in [0.15, 0.2) is 36.4 Å². The fraction of sp³-hybridized carbons (Fsp3) is 0.476. The van der Waals surface area contributed by atoms with Gasteiger partial charge < -0.3 is 19.9 Å². The number of carbonyl (C=O) groups is 1. The number of piperazine rings is 1. The number of anilines is 2. The number of ether oxygens (including phenoxy) is 1. The van der Waals surface area contributed by atoms with Crippen molar-refractivity contribution in [3.05, 3.63) is 47.7 Å². The lowest BCUT2D eigenvalue weighted by Crippen LogP contribution is -2.49. The monoisotopic (exact) mass is 381 g/mol. The average Bonchev–Trinajstić information content (AvgIpc) is 3.26. The van der Waals surface area contributed by atoms with E-state index in [1.807, 2.05) is 11.0 Å². The van der Waals surface area contributed by atoms with Gasteiger partial charge in [0.1, 0.15) is 5.82 Å². The molecule has 1 aromatic heterocycles. The molecule has 1 amide bonds. The number of carbonyl (C=O) groups excluding carboxylic acids is 1. The normalized spacial score (nSPS) is 19.7. The van der Waals surface area contributed by atoms with Crippen LogP contribution in [0.2, 0.25) is 0 Å². The van der Waals surface area contributed by atoms with E-state index in [4.69, 9.17) is 4.74 Å². The van der Waals surface area contributed by atoms with Gasteiger partial charge in [-0.15, -0.1) is 10.2 Å². The second kappa shape index (κ2) is 8.56. The minimum Gasteiger partial charge on any atom is -0.376 e. The first-order chi connectivity index (χ1) is 13.7. The summed E-state index contributed by atoms with van der Waals surface area (Å²) in [5.74, 6) is 0.624. The molecule has 1 unspecified atom stereocenters. The summed E-state index contributed by atoms with van der Waals surface area (Å²) in [7, 11) is 0. The molecule has 1 N–H and O–H groups in total. The van der Waals surface area contributed by atoms with Crippen molar-refractivity contribution < 1.29 is 9.53 Å². The third-order valence-corrected chi connectivity index (χ3v) is 5.35. The van der Waals surface area contributed by atoms with Crippen molar-refractivity contribution in [1.82, 2.24) is 15.1 Å². The van der Waals surface area contributed by atoms with E-state index in [1.165, 1.54) is 11.3 Å². The van der Waals surface area contributed by atoms with Crippen LogP contribution < -0.4 is 10.2 Å². The van der Waals surface area contributed by atoms with E-state index < -0.39 is 0 Å². The molecule has 0 saturated carbocycles. The van der Waals surface area contributed by atoms with Gasteiger partial charge in [-0.05, 0) is 49.6 Å². The third kappa shape index (κ3) is 4.42. The minimum absolute atomic E-state index is 0.0536. The molecule has 2 aliphatic heterocycles. The van der Waals surface area contributed by atoms with E-state index in [0.29, 0.717) is 24.6 Å². The number of rotatable bonds is 5. The molecule has 2 saturated heterocycles. The molecule has 0 bridgehead atoms. The SMILES string of the molecule is Cc1cccc(N2CCN(C(=O)c3ccc(NCC4CCCO4)nn3)CC2)c1. The van der Waals surface area contributed by atoms with Gasteiger partial charge >= 0.3 is 0 Å². The molecule has 3 heterocycles. The molecule has 1 aromatic carbocycles. The first kappa shape index (κ1) is 18.7. The highest BCUT2D eigenvalue weighted by Crippen LogP contribution is 2.18. The Kier molecular flexibility index (Phi) is 5.71. The predicted octanol–water partition coefficient (Wildman–Crippen LogP) is 2.34. The van der Waals surface area contributed by atoms with Crippen LogP contribution in [0.3, 0.4) is 0 Å². The van der Waals surface area contributed by atoms with Crippen molar-refractivity contribution in [2.45, 2.75) is 25.9 Å². The predicted molar refractivity (Wildman–Crippen MR) is 109 cm³/mol. The number of nitrogens with zero attached hydrogens (tertiary/aromatic N) is 4. The summed E-state index contributed by atoms with van der Waals surface area (Å²) in [5.41, 5.74) is 2.86. The Morgan fingerprint density at radius 3 is 2.71 bits per heavy atom. The minimum atomic E-state index is -0.0536. The highest BCUT2D eigenvalue weighted by Gasteiger charge is 2.23. The molecule has 4 rings (SSSR count). The lowest BCUT2D eigenvalue weighted by molar-refractivity contribution is 0.0739. The number of aromatic nitrogens is 2. The van der Waals surface area contributed by atoms with Gasteiger partial charge in [-0.1, -0.05) is 12.1 Å². The summed E-state index contributed by atoms with van der Waals surface area (Å²) < 4.78 is 5.59. The van der Waals surface area contributed by atoms with E-state index in [2.05, 4.69) is 51.6 Å². The highest BCUT2D eigenvalue weighted by molar-refractivity contribution is 5.92. The highest BCUT2D eigenvalue weighted by atomic mass is 16.5. The number of amides is 1. The topological polar surface area (TPSA) is 70.6 Å². The van der Waals surface area contributed by atoms with Crippen LogP contribution in [0.25, 0.3) is 0 Å². The number of aryl methyl sites for hydroxylation is 1. The van der Waals surface area contributed by atoms with Crippen LogP contribution in [0, 0.1) is 6.92 Å². The largest absolute Gasteiger partial charge is 0.376 e. The van der Waals surface area contributed by atoms with Crippen LogP contribution >= 0.6 is 0 Å². The summed E-state index contributed by atoms with van der Waals surface area (Å²) in [5, 5.41) is 11.5. The molecule has 0 spiro atoms. The molecule has 148 valence electrons. The van der Waals surface area contributed by atoms with Gasteiger partial charge in [0.25, 0.3) is 5.91 Å². The van der Waals surface area contributed by atoms with Crippen LogP contribution in [-0.2, 0) is 4.74 Å². The second-order valence-electron chi connectivity index (χ2n) is 7.44. The molecule has 7 nitrogen and oxygen atoms in total. The van der Waals surface area contributed by atoms with Gasteiger partial charge in [0.15, 0.2) is 5.69 Å². The van der Waals surface area contributed by atoms with Crippen LogP contribution in [-0.4, -0.2) is 66.4 Å². The molecular formula is C21H27N5O2. The standard InChI is InChI=1S/C21H27N5O2/c1-16-4-2-5-17(14-16)25-9-11-26(12-10-25)21(27)19-7-8-20(24-23-19)22-15-18-6-3-13-28-18/h2,4-5,7-8,14,18H,3,6,9-13,15H2,1H3,(H,22,24). The summed E-state index contributed by atoms with van der Waals surface area (Å²) >= 11 is 0. The fourth-order valence-corrected chi connectivity index (χ4v) is 3.72. The zero-order valence-electron chi connectivity index (χ0n) is 16.3. The Hall–Kier alpha value is -2.67. The average molecular weight is 381 g/mol. The third-order valence-electron chi connectivity index (χ3n) is 5.35. The first-order valence-corrected chi connectivity index (χ1v) is 9.99. The van der Waals surface area contributed by atoms with Gasteiger partial charge in [0, 0.05) is 45.0 Å². The van der Waals surface area contributed by atoms with Crippen molar-refractivity contribution in [1.29, 1.82) is 0 Å². The molecular weight excluding hydrogens is 354 g/mol. The lowest BCUT2D eigenvalue weighted by Gasteiger charge is -2.36. The van der Waals surface area contributed by atoms with E-state index in [-0.39, 0.29) is 12.0 Å². The molecule has 2 aromatic rings. The molecule has 28 heavy (non-hydrogen) atoms. The number of nitrogens with one attached hydrogen (secondary N) is 1. The number of benzene rings is 1. The molecule has 1 atom stereocenters. The smallest absolute Gasteiger partial charge is 0.274 e. The Balaban J connectivity index is 1.29.